The molecule has 1 aromatic heterocycles. The molecule has 0 fully saturated rings. The van der Waals surface area contributed by atoms with Crippen LogP contribution in [0.15, 0.2) is 22.8 Å². The van der Waals surface area contributed by atoms with Crippen LogP contribution in [0.1, 0.15) is 12.0 Å². The molecule has 0 saturated carbocycles. The van der Waals surface area contributed by atoms with Gasteiger partial charge in [-0.2, -0.15) is 0 Å². The number of carbonyl (C=O) groups is 1. The SMILES string of the molecule is NC(=O)c1ccco1.[HH]. The Morgan fingerprint density at radius 3 is 2.88 bits per heavy atom. The van der Waals surface area contributed by atoms with E-state index in [1.165, 1.54) is 12.3 Å². The Labute approximate surface area is 47.6 Å². The lowest BCUT2D eigenvalue weighted by Gasteiger charge is -1.80. The van der Waals surface area contributed by atoms with Crippen LogP contribution in [-0.4, -0.2) is 5.91 Å². The molecule has 1 rings (SSSR count). The van der Waals surface area contributed by atoms with Crippen LogP contribution >= 0.6 is 0 Å². The van der Waals surface area contributed by atoms with Gasteiger partial charge in [0.2, 0.25) is 0 Å². The quantitative estimate of drug-likeness (QED) is 0.580. The smallest absolute Gasteiger partial charge is 0.284 e. The Kier molecular flexibility index (Phi) is 1.04. The molecular weight excluding hydrogens is 106 g/mol. The van der Waals surface area contributed by atoms with Crippen LogP contribution in [0, 0.1) is 0 Å². The van der Waals surface area contributed by atoms with Crippen LogP contribution in [0.5, 0.6) is 0 Å². The molecule has 1 heterocycles. The molecule has 1 amide bonds. The molecule has 8 heavy (non-hydrogen) atoms. The van der Waals surface area contributed by atoms with Gasteiger partial charge in [0, 0.05) is 1.43 Å². The monoisotopic (exact) mass is 113 g/mol. The van der Waals surface area contributed by atoms with E-state index in [1.807, 2.05) is 0 Å². The highest BCUT2D eigenvalue weighted by Gasteiger charge is 1.98. The fourth-order valence-electron chi connectivity index (χ4n) is 0.419. The summed E-state index contributed by atoms with van der Waals surface area (Å²) in [6.45, 7) is 0. The molecule has 0 atom stereocenters. The van der Waals surface area contributed by atoms with Crippen LogP contribution in [0.4, 0.5) is 0 Å². The van der Waals surface area contributed by atoms with Gasteiger partial charge in [0.25, 0.3) is 5.91 Å². The average Bonchev–Trinajstić information content (AvgIpc) is 2.12. The summed E-state index contributed by atoms with van der Waals surface area (Å²) in [4.78, 5) is 10.2. The molecule has 0 aliphatic heterocycles. The van der Waals surface area contributed by atoms with Gasteiger partial charge < -0.3 is 10.2 Å². The van der Waals surface area contributed by atoms with Crippen molar-refractivity contribution in [2.75, 3.05) is 0 Å². The first kappa shape index (κ1) is 4.90. The van der Waals surface area contributed by atoms with Crippen molar-refractivity contribution in [3.05, 3.63) is 24.2 Å². The van der Waals surface area contributed by atoms with Crippen LogP contribution in [-0.2, 0) is 0 Å². The maximum atomic E-state index is 10.2. The Morgan fingerprint density at radius 1 is 1.88 bits per heavy atom. The van der Waals surface area contributed by atoms with Gasteiger partial charge in [-0.15, -0.1) is 0 Å². The van der Waals surface area contributed by atoms with Gasteiger partial charge >= 0.3 is 0 Å². The number of rotatable bonds is 1. The third-order valence-electron chi connectivity index (χ3n) is 0.764. The minimum absolute atomic E-state index is 0. The molecule has 0 unspecified atom stereocenters. The predicted octanol–water partition coefficient (Wildman–Crippen LogP) is 0.625. The van der Waals surface area contributed by atoms with E-state index in [-0.39, 0.29) is 7.19 Å². The lowest BCUT2D eigenvalue weighted by molar-refractivity contribution is 0.0974. The molecule has 0 aliphatic carbocycles. The van der Waals surface area contributed by atoms with Crippen LogP contribution in [0.25, 0.3) is 0 Å². The number of carbonyl (C=O) groups excluding carboxylic acids is 1. The molecule has 0 saturated heterocycles. The second-order valence-electron chi connectivity index (χ2n) is 1.34. The summed E-state index contributed by atoms with van der Waals surface area (Å²) >= 11 is 0. The largest absolute Gasteiger partial charge is 0.459 e. The molecule has 2 N–H and O–H groups in total. The maximum absolute atomic E-state index is 10.2. The molecule has 44 valence electrons. The number of amides is 1. The lowest BCUT2D eigenvalue weighted by Crippen LogP contribution is -2.08. The summed E-state index contributed by atoms with van der Waals surface area (Å²) in [5.74, 6) is -0.333. The fraction of sp³-hybridized carbons (Fsp3) is 0. The number of hydrogen-bond acceptors (Lipinski definition) is 2. The summed E-state index contributed by atoms with van der Waals surface area (Å²) in [6.07, 6.45) is 1.40. The van der Waals surface area contributed by atoms with Crippen molar-refractivity contribution in [3.63, 3.8) is 0 Å². The Balaban J connectivity index is 0.000000640. The van der Waals surface area contributed by atoms with Crippen molar-refractivity contribution in [3.8, 4) is 0 Å². The molecule has 0 aromatic carbocycles. The molecule has 1 aromatic rings. The van der Waals surface area contributed by atoms with Gasteiger partial charge in [-0.1, -0.05) is 0 Å². The van der Waals surface area contributed by atoms with Crippen molar-refractivity contribution in [2.45, 2.75) is 0 Å². The molecule has 0 bridgehead atoms. The molecule has 0 aliphatic rings. The van der Waals surface area contributed by atoms with E-state index in [0.29, 0.717) is 0 Å². The van der Waals surface area contributed by atoms with Gasteiger partial charge in [0.15, 0.2) is 5.76 Å². The normalized spacial score (nSPS) is 9.00. The molecule has 3 heteroatoms. The summed E-state index contributed by atoms with van der Waals surface area (Å²) in [7, 11) is 0. The van der Waals surface area contributed by atoms with Gasteiger partial charge in [0.1, 0.15) is 0 Å². The highest BCUT2D eigenvalue weighted by molar-refractivity contribution is 5.89. The van der Waals surface area contributed by atoms with Crippen molar-refractivity contribution in [1.29, 1.82) is 0 Å². The van der Waals surface area contributed by atoms with E-state index < -0.39 is 5.91 Å². The molecular formula is C5H7NO2. The molecule has 0 radical (unpaired) electrons. The predicted molar refractivity (Wildman–Crippen MR) is 29.3 cm³/mol. The minimum Gasteiger partial charge on any atom is -0.459 e. The molecule has 3 nitrogen and oxygen atoms in total. The van der Waals surface area contributed by atoms with E-state index in [1.54, 1.807) is 6.07 Å². The summed E-state index contributed by atoms with van der Waals surface area (Å²) in [5, 5.41) is 0. The topological polar surface area (TPSA) is 56.2 Å². The number of primary amides is 1. The standard InChI is InChI=1S/C5H5NO2.H2/c6-5(7)4-2-1-3-8-4;/h1-3H,(H2,6,7);1H. The van der Waals surface area contributed by atoms with Crippen molar-refractivity contribution < 1.29 is 10.6 Å². The van der Waals surface area contributed by atoms with Crippen LogP contribution in [0.3, 0.4) is 0 Å². The summed E-state index contributed by atoms with van der Waals surface area (Å²) in [6, 6.07) is 3.13. The molecule has 0 spiro atoms. The second-order valence-corrected chi connectivity index (χ2v) is 1.34. The second kappa shape index (κ2) is 1.69. The zero-order valence-corrected chi connectivity index (χ0v) is 4.13. The first-order valence-corrected chi connectivity index (χ1v) is 2.14. The van der Waals surface area contributed by atoms with E-state index >= 15 is 0 Å². The zero-order chi connectivity index (χ0) is 5.98. The minimum atomic E-state index is -0.532. The first-order chi connectivity index (χ1) is 3.80. The van der Waals surface area contributed by atoms with E-state index in [0.717, 1.165) is 0 Å². The van der Waals surface area contributed by atoms with E-state index in [9.17, 15) is 4.79 Å². The zero-order valence-electron chi connectivity index (χ0n) is 4.13. The maximum Gasteiger partial charge on any atom is 0.284 e. The van der Waals surface area contributed by atoms with Crippen LogP contribution < -0.4 is 5.73 Å². The summed E-state index contributed by atoms with van der Waals surface area (Å²) < 4.78 is 4.62. The van der Waals surface area contributed by atoms with Gasteiger partial charge in [0.05, 0.1) is 6.26 Å². The Morgan fingerprint density at radius 2 is 2.62 bits per heavy atom. The van der Waals surface area contributed by atoms with Crippen LogP contribution in [0.2, 0.25) is 0 Å². The first-order valence-electron chi connectivity index (χ1n) is 2.14. The number of hydrogen-bond donors (Lipinski definition) is 1. The van der Waals surface area contributed by atoms with Crippen molar-refractivity contribution in [1.82, 2.24) is 0 Å². The van der Waals surface area contributed by atoms with Crippen molar-refractivity contribution in [2.24, 2.45) is 5.73 Å². The third kappa shape index (κ3) is 0.703. The van der Waals surface area contributed by atoms with Gasteiger partial charge in [-0.3, -0.25) is 4.79 Å². The highest BCUT2D eigenvalue weighted by Crippen LogP contribution is 1.96. The number of nitrogens with two attached hydrogens (primary N) is 1. The van der Waals surface area contributed by atoms with Crippen molar-refractivity contribution >= 4 is 5.91 Å². The van der Waals surface area contributed by atoms with E-state index in [2.05, 4.69) is 4.42 Å². The lowest BCUT2D eigenvalue weighted by atomic mass is 10.4. The average molecular weight is 113 g/mol. The highest BCUT2D eigenvalue weighted by atomic mass is 16.3. The van der Waals surface area contributed by atoms with Gasteiger partial charge in [-0.05, 0) is 12.1 Å². The third-order valence-corrected chi connectivity index (χ3v) is 0.764. The van der Waals surface area contributed by atoms with E-state index in [4.69, 9.17) is 5.73 Å². The Bertz CT molecular complexity index is 183. The fourth-order valence-corrected chi connectivity index (χ4v) is 0.419. The van der Waals surface area contributed by atoms with Gasteiger partial charge in [-0.25, -0.2) is 0 Å². The Hall–Kier alpha value is -1.25. The number of furan rings is 1. The summed E-state index contributed by atoms with van der Waals surface area (Å²) in [5.41, 5.74) is 4.83.